The molecule has 2 heteroatoms. The molecule has 0 saturated carbocycles. The first-order chi connectivity index (χ1) is 7.29. The number of nitrogens with zero attached hydrogens (tertiary/aromatic N) is 1. The fourth-order valence-electron chi connectivity index (χ4n) is 1.43. The predicted molar refractivity (Wildman–Crippen MR) is 59.8 cm³/mol. The van der Waals surface area contributed by atoms with Gasteiger partial charge < -0.3 is 0 Å². The van der Waals surface area contributed by atoms with Gasteiger partial charge in [-0.05, 0) is 24.6 Å². The van der Waals surface area contributed by atoms with Crippen molar-refractivity contribution in [3.63, 3.8) is 0 Å². The van der Waals surface area contributed by atoms with Gasteiger partial charge in [-0.15, -0.1) is 0 Å². The Morgan fingerprint density at radius 2 is 2.00 bits per heavy atom. The van der Waals surface area contributed by atoms with Crippen LogP contribution in [0.4, 0.5) is 0 Å². The van der Waals surface area contributed by atoms with E-state index in [1.165, 1.54) is 0 Å². The molecule has 0 atom stereocenters. The third-order valence-corrected chi connectivity index (χ3v) is 2.27. The molecule has 1 heterocycles. The molecule has 15 heavy (non-hydrogen) atoms. The maximum absolute atomic E-state index is 10.6. The van der Waals surface area contributed by atoms with Crippen molar-refractivity contribution in [2.24, 2.45) is 0 Å². The summed E-state index contributed by atoms with van der Waals surface area (Å²) in [5.41, 5.74) is 3.73. The molecule has 0 aliphatic heterocycles. The summed E-state index contributed by atoms with van der Waals surface area (Å²) in [6.07, 6.45) is 2.67. The average Bonchev–Trinajstić information content (AvgIpc) is 2.30. The molecule has 1 aromatic carbocycles. The van der Waals surface area contributed by atoms with Crippen LogP contribution in [0.25, 0.3) is 11.1 Å². The van der Waals surface area contributed by atoms with Crippen LogP contribution in [0.2, 0.25) is 0 Å². The van der Waals surface area contributed by atoms with Crippen LogP contribution < -0.4 is 0 Å². The Bertz CT molecular complexity index is 474. The van der Waals surface area contributed by atoms with Gasteiger partial charge in [-0.2, -0.15) is 0 Å². The van der Waals surface area contributed by atoms with Crippen molar-refractivity contribution in [3.05, 3.63) is 53.9 Å². The molecule has 0 radical (unpaired) electrons. The van der Waals surface area contributed by atoms with Gasteiger partial charge in [0.25, 0.3) is 0 Å². The van der Waals surface area contributed by atoms with Gasteiger partial charge >= 0.3 is 0 Å². The van der Waals surface area contributed by atoms with Crippen LogP contribution in [0.1, 0.15) is 16.1 Å². The first kappa shape index (κ1) is 9.59. The van der Waals surface area contributed by atoms with Crippen LogP contribution in [0.5, 0.6) is 0 Å². The number of rotatable bonds is 2. The highest BCUT2D eigenvalue weighted by atomic mass is 16.1. The molecule has 2 aromatic rings. The topological polar surface area (TPSA) is 30.0 Å². The van der Waals surface area contributed by atoms with Gasteiger partial charge in [0, 0.05) is 23.0 Å². The van der Waals surface area contributed by atoms with Crippen LogP contribution >= 0.6 is 0 Å². The van der Waals surface area contributed by atoms with Crippen molar-refractivity contribution >= 4 is 6.29 Å². The molecule has 0 saturated heterocycles. The Kier molecular flexibility index (Phi) is 2.59. The van der Waals surface area contributed by atoms with E-state index in [4.69, 9.17) is 0 Å². The zero-order valence-corrected chi connectivity index (χ0v) is 8.47. The lowest BCUT2D eigenvalue weighted by atomic mass is 10.1. The van der Waals surface area contributed by atoms with Gasteiger partial charge in [0.2, 0.25) is 0 Å². The molecule has 1 aromatic heterocycles. The van der Waals surface area contributed by atoms with Crippen molar-refractivity contribution in [2.75, 3.05) is 0 Å². The highest BCUT2D eigenvalue weighted by molar-refractivity contribution is 5.78. The fraction of sp³-hybridized carbons (Fsp3) is 0.0769. The van der Waals surface area contributed by atoms with Gasteiger partial charge in [0.1, 0.15) is 6.29 Å². The third kappa shape index (κ3) is 2.10. The summed E-state index contributed by atoms with van der Waals surface area (Å²) in [7, 11) is 0. The number of hydrogen-bond acceptors (Lipinski definition) is 2. The molecule has 0 fully saturated rings. The lowest BCUT2D eigenvalue weighted by molar-refractivity contribution is 0.112. The molecule has 0 amide bonds. The van der Waals surface area contributed by atoms with E-state index in [1.807, 2.05) is 43.5 Å². The van der Waals surface area contributed by atoms with Crippen molar-refractivity contribution in [1.82, 2.24) is 4.98 Å². The summed E-state index contributed by atoms with van der Waals surface area (Å²) in [4.78, 5) is 14.9. The van der Waals surface area contributed by atoms with E-state index >= 15 is 0 Å². The minimum absolute atomic E-state index is 0.688. The van der Waals surface area contributed by atoms with Crippen molar-refractivity contribution in [3.8, 4) is 11.1 Å². The van der Waals surface area contributed by atoms with Crippen LogP contribution in [0.15, 0.2) is 42.6 Å². The summed E-state index contributed by atoms with van der Waals surface area (Å²) < 4.78 is 0. The van der Waals surface area contributed by atoms with Gasteiger partial charge in [-0.25, -0.2) is 0 Å². The first-order valence-electron chi connectivity index (χ1n) is 4.78. The number of carbonyl (C=O) groups excluding carboxylic acids is 1. The molecule has 74 valence electrons. The molecular formula is C13H11NO. The van der Waals surface area contributed by atoms with Gasteiger partial charge in [0.05, 0.1) is 0 Å². The maximum atomic E-state index is 10.6. The number of benzene rings is 1. The maximum Gasteiger partial charge on any atom is 0.150 e. The van der Waals surface area contributed by atoms with Crippen molar-refractivity contribution < 1.29 is 4.79 Å². The second-order valence-corrected chi connectivity index (χ2v) is 3.43. The summed E-state index contributed by atoms with van der Waals surface area (Å²) in [5, 5.41) is 0. The van der Waals surface area contributed by atoms with E-state index in [0.29, 0.717) is 5.56 Å². The van der Waals surface area contributed by atoms with E-state index in [2.05, 4.69) is 4.98 Å². The van der Waals surface area contributed by atoms with E-state index in [-0.39, 0.29) is 0 Å². The lowest BCUT2D eigenvalue weighted by Gasteiger charge is -2.01. The molecule has 0 N–H and O–H groups in total. The monoisotopic (exact) mass is 197 g/mol. The highest BCUT2D eigenvalue weighted by Crippen LogP contribution is 2.18. The fourth-order valence-corrected chi connectivity index (χ4v) is 1.43. The molecule has 0 aliphatic rings. The first-order valence-corrected chi connectivity index (χ1v) is 4.78. The Balaban J connectivity index is 2.44. The van der Waals surface area contributed by atoms with Crippen LogP contribution in [0, 0.1) is 6.92 Å². The number of aromatic nitrogens is 1. The average molecular weight is 197 g/mol. The minimum atomic E-state index is 0.688. The Morgan fingerprint density at radius 3 is 2.67 bits per heavy atom. The zero-order valence-electron chi connectivity index (χ0n) is 8.47. The van der Waals surface area contributed by atoms with Crippen molar-refractivity contribution in [1.29, 1.82) is 0 Å². The quantitative estimate of drug-likeness (QED) is 0.693. The van der Waals surface area contributed by atoms with Gasteiger partial charge in [-0.1, -0.05) is 24.3 Å². The number of pyridine rings is 1. The van der Waals surface area contributed by atoms with Crippen molar-refractivity contribution in [2.45, 2.75) is 6.92 Å². The number of carbonyl (C=O) groups is 1. The molecule has 0 unspecified atom stereocenters. The van der Waals surface area contributed by atoms with Crippen LogP contribution in [-0.2, 0) is 0 Å². The van der Waals surface area contributed by atoms with Crippen LogP contribution in [0.3, 0.4) is 0 Å². The highest BCUT2D eigenvalue weighted by Gasteiger charge is 1.98. The summed E-state index contributed by atoms with van der Waals surface area (Å²) in [6, 6.07) is 11.5. The summed E-state index contributed by atoms with van der Waals surface area (Å²) >= 11 is 0. The SMILES string of the molecule is Cc1ccc(-c2cccc(C=O)c2)cn1. The van der Waals surface area contributed by atoms with Crippen LogP contribution in [-0.4, -0.2) is 11.3 Å². The normalized spacial score (nSPS) is 9.93. The zero-order chi connectivity index (χ0) is 10.7. The molecule has 2 nitrogen and oxygen atoms in total. The molecule has 0 spiro atoms. The van der Waals surface area contributed by atoms with Gasteiger partial charge in [0.15, 0.2) is 0 Å². The molecule has 0 aliphatic carbocycles. The van der Waals surface area contributed by atoms with E-state index < -0.39 is 0 Å². The Hall–Kier alpha value is -1.96. The minimum Gasteiger partial charge on any atom is -0.298 e. The second kappa shape index (κ2) is 4.05. The number of aldehydes is 1. The second-order valence-electron chi connectivity index (χ2n) is 3.43. The van der Waals surface area contributed by atoms with E-state index in [0.717, 1.165) is 23.1 Å². The van der Waals surface area contributed by atoms with Gasteiger partial charge in [-0.3, -0.25) is 9.78 Å². The lowest BCUT2D eigenvalue weighted by Crippen LogP contribution is -1.85. The summed E-state index contributed by atoms with van der Waals surface area (Å²) in [6.45, 7) is 1.95. The molecule has 2 rings (SSSR count). The Morgan fingerprint density at radius 1 is 1.13 bits per heavy atom. The molecule has 0 bridgehead atoms. The molecular weight excluding hydrogens is 186 g/mol. The van der Waals surface area contributed by atoms with E-state index in [9.17, 15) is 4.79 Å². The Labute approximate surface area is 88.6 Å². The number of hydrogen-bond donors (Lipinski definition) is 0. The largest absolute Gasteiger partial charge is 0.298 e. The third-order valence-electron chi connectivity index (χ3n) is 2.27. The summed E-state index contributed by atoms with van der Waals surface area (Å²) in [5.74, 6) is 0. The standard InChI is InChI=1S/C13H11NO/c1-10-5-6-13(8-14-10)12-4-2-3-11(7-12)9-15/h2-9H,1H3. The predicted octanol–water partition coefficient (Wildman–Crippen LogP) is 2.87. The van der Waals surface area contributed by atoms with E-state index in [1.54, 1.807) is 6.07 Å². The smallest absolute Gasteiger partial charge is 0.150 e. The number of aryl methyl sites for hydroxylation is 1.